The number of nitrogens with two attached hydrogens (primary N) is 1. The monoisotopic (exact) mass is 329 g/mol. The first-order valence-corrected chi connectivity index (χ1v) is 6.85. The summed E-state index contributed by atoms with van der Waals surface area (Å²) in [6.45, 7) is 0. The fraction of sp³-hybridized carbons (Fsp3) is 0.0714. The Hall–Kier alpha value is -1.89. The van der Waals surface area contributed by atoms with Gasteiger partial charge in [-0.25, -0.2) is 20.4 Å². The molecule has 0 aliphatic carbocycles. The van der Waals surface area contributed by atoms with E-state index in [0.717, 1.165) is 26.6 Å². The van der Waals surface area contributed by atoms with Crippen LogP contribution in [0, 0.1) is 0 Å². The molecule has 0 saturated heterocycles. The predicted molar refractivity (Wildman–Crippen MR) is 80.6 cm³/mol. The first-order valence-electron chi connectivity index (χ1n) is 6.06. The first-order chi connectivity index (χ1) is 9.79. The highest BCUT2D eigenvalue weighted by Crippen LogP contribution is 2.28. The van der Waals surface area contributed by atoms with Gasteiger partial charge < -0.3 is 0 Å². The maximum Gasteiger partial charge on any atom is 0.115 e. The Bertz CT molecular complexity index is 732. The van der Waals surface area contributed by atoms with E-state index in [1.165, 1.54) is 6.33 Å². The van der Waals surface area contributed by atoms with Crippen molar-refractivity contribution < 1.29 is 0 Å². The van der Waals surface area contributed by atoms with Crippen LogP contribution < -0.4 is 11.3 Å². The van der Waals surface area contributed by atoms with Crippen LogP contribution in [0.5, 0.6) is 0 Å². The van der Waals surface area contributed by atoms with Gasteiger partial charge >= 0.3 is 0 Å². The zero-order valence-corrected chi connectivity index (χ0v) is 12.1. The zero-order chi connectivity index (χ0) is 13.9. The van der Waals surface area contributed by atoms with E-state index in [9.17, 15) is 0 Å². The number of benzene rings is 1. The van der Waals surface area contributed by atoms with Gasteiger partial charge in [0, 0.05) is 27.8 Å². The lowest BCUT2D eigenvalue weighted by molar-refractivity contribution is 0.615. The summed E-state index contributed by atoms with van der Waals surface area (Å²) in [6, 6.07) is 9.71. The van der Waals surface area contributed by atoms with E-state index >= 15 is 0 Å². The van der Waals surface area contributed by atoms with Gasteiger partial charge in [0.2, 0.25) is 0 Å². The van der Waals surface area contributed by atoms with Crippen LogP contribution in [0.1, 0.15) is 17.3 Å². The van der Waals surface area contributed by atoms with Crippen molar-refractivity contribution in [2.45, 2.75) is 6.04 Å². The highest BCUT2D eigenvalue weighted by molar-refractivity contribution is 9.10. The summed E-state index contributed by atoms with van der Waals surface area (Å²) in [5, 5.41) is 1.07. The van der Waals surface area contributed by atoms with Crippen molar-refractivity contribution in [3.8, 4) is 0 Å². The highest BCUT2D eigenvalue weighted by atomic mass is 79.9. The average Bonchev–Trinajstić information content (AvgIpc) is 2.49. The van der Waals surface area contributed by atoms with E-state index < -0.39 is 0 Å². The molecule has 0 aliphatic rings. The molecule has 2 heterocycles. The number of nitrogens with zero attached hydrogens (tertiary/aromatic N) is 3. The second-order valence-electron chi connectivity index (χ2n) is 4.32. The van der Waals surface area contributed by atoms with E-state index in [2.05, 4.69) is 36.3 Å². The van der Waals surface area contributed by atoms with E-state index in [0.29, 0.717) is 0 Å². The zero-order valence-electron chi connectivity index (χ0n) is 10.5. The van der Waals surface area contributed by atoms with Gasteiger partial charge in [-0.15, -0.1) is 0 Å². The molecular weight excluding hydrogens is 318 g/mol. The van der Waals surface area contributed by atoms with Gasteiger partial charge in [0.05, 0.1) is 17.3 Å². The Morgan fingerprint density at radius 1 is 1.15 bits per heavy atom. The summed E-state index contributed by atoms with van der Waals surface area (Å²) in [5.41, 5.74) is 5.35. The van der Waals surface area contributed by atoms with Crippen molar-refractivity contribution in [2.24, 2.45) is 5.84 Å². The predicted octanol–water partition coefficient (Wildman–Crippen LogP) is 2.34. The van der Waals surface area contributed by atoms with Crippen LogP contribution >= 0.6 is 15.9 Å². The molecule has 1 unspecified atom stereocenters. The number of nitrogens with one attached hydrogen (secondary N) is 1. The summed E-state index contributed by atoms with van der Waals surface area (Å²) in [4.78, 5) is 12.7. The van der Waals surface area contributed by atoms with Crippen molar-refractivity contribution in [3.05, 3.63) is 64.8 Å². The molecule has 0 radical (unpaired) electrons. The molecule has 0 fully saturated rings. The number of hydrogen-bond acceptors (Lipinski definition) is 5. The number of pyridine rings is 1. The van der Waals surface area contributed by atoms with E-state index in [4.69, 9.17) is 5.84 Å². The molecule has 5 nitrogen and oxygen atoms in total. The van der Waals surface area contributed by atoms with Crippen LogP contribution in [0.15, 0.2) is 53.5 Å². The molecule has 1 atom stereocenters. The number of halogens is 1. The van der Waals surface area contributed by atoms with Gasteiger partial charge in [0.15, 0.2) is 0 Å². The van der Waals surface area contributed by atoms with Crippen molar-refractivity contribution in [3.63, 3.8) is 0 Å². The fourth-order valence-electron chi connectivity index (χ4n) is 2.10. The van der Waals surface area contributed by atoms with Crippen LogP contribution in [0.25, 0.3) is 10.9 Å². The molecule has 0 amide bonds. The van der Waals surface area contributed by atoms with Crippen LogP contribution in [-0.4, -0.2) is 15.0 Å². The van der Waals surface area contributed by atoms with Crippen LogP contribution in [0.4, 0.5) is 0 Å². The number of hydrazine groups is 1. The van der Waals surface area contributed by atoms with Gasteiger partial charge in [0.1, 0.15) is 6.33 Å². The number of fused-ring (bicyclic) bond motifs is 1. The number of aromatic nitrogens is 3. The summed E-state index contributed by atoms with van der Waals surface area (Å²) in [5.74, 6) is 5.68. The van der Waals surface area contributed by atoms with Crippen LogP contribution in [0.3, 0.4) is 0 Å². The Balaban J connectivity index is 2.14. The third-order valence-electron chi connectivity index (χ3n) is 3.06. The molecule has 1 aromatic carbocycles. The lowest BCUT2D eigenvalue weighted by atomic mass is 10.1. The molecule has 0 bridgehead atoms. The van der Waals surface area contributed by atoms with Gasteiger partial charge in [-0.3, -0.25) is 5.84 Å². The largest absolute Gasteiger partial charge is 0.271 e. The minimum absolute atomic E-state index is 0.268. The van der Waals surface area contributed by atoms with Gasteiger partial charge in [-0.05, 0) is 28.1 Å². The van der Waals surface area contributed by atoms with Crippen LogP contribution in [-0.2, 0) is 0 Å². The number of para-hydroxylation sites is 1. The molecule has 6 heteroatoms. The molecule has 0 aliphatic heterocycles. The molecule has 2 aromatic heterocycles. The molecule has 100 valence electrons. The van der Waals surface area contributed by atoms with E-state index in [-0.39, 0.29) is 6.04 Å². The van der Waals surface area contributed by atoms with Gasteiger partial charge in [-0.2, -0.15) is 0 Å². The second-order valence-corrected chi connectivity index (χ2v) is 5.17. The second kappa shape index (κ2) is 5.62. The number of rotatable bonds is 3. The van der Waals surface area contributed by atoms with Gasteiger partial charge in [-0.1, -0.05) is 18.2 Å². The Kier molecular flexibility index (Phi) is 3.68. The van der Waals surface area contributed by atoms with Crippen molar-refractivity contribution in [1.82, 2.24) is 20.4 Å². The third kappa shape index (κ3) is 2.40. The van der Waals surface area contributed by atoms with Gasteiger partial charge in [0.25, 0.3) is 0 Å². The molecule has 3 rings (SSSR count). The van der Waals surface area contributed by atoms with Crippen molar-refractivity contribution >= 4 is 26.8 Å². The Morgan fingerprint density at radius 2 is 1.90 bits per heavy atom. The normalized spacial score (nSPS) is 12.5. The maximum atomic E-state index is 5.68. The summed E-state index contributed by atoms with van der Waals surface area (Å²) in [6.07, 6.45) is 4.93. The van der Waals surface area contributed by atoms with Crippen molar-refractivity contribution in [1.29, 1.82) is 0 Å². The SMILES string of the molecule is NNC(c1cncnc1)c1nc2ccccc2cc1Br. The number of hydrogen-bond donors (Lipinski definition) is 2. The molecular formula is C14H12BrN5. The van der Waals surface area contributed by atoms with E-state index in [1.54, 1.807) is 12.4 Å². The maximum absolute atomic E-state index is 5.68. The minimum atomic E-state index is -0.268. The topological polar surface area (TPSA) is 76.7 Å². The molecule has 0 spiro atoms. The molecule has 3 N–H and O–H groups in total. The third-order valence-corrected chi connectivity index (χ3v) is 3.69. The highest BCUT2D eigenvalue weighted by Gasteiger charge is 2.18. The minimum Gasteiger partial charge on any atom is -0.271 e. The molecule has 0 saturated carbocycles. The lowest BCUT2D eigenvalue weighted by Gasteiger charge is -2.17. The Labute approximate surface area is 124 Å². The quantitative estimate of drug-likeness (QED) is 0.569. The van der Waals surface area contributed by atoms with E-state index in [1.807, 2.05) is 30.3 Å². The first kappa shape index (κ1) is 13.1. The molecule has 20 heavy (non-hydrogen) atoms. The standard InChI is InChI=1S/C14H12BrN5/c15-11-5-9-3-1-2-4-12(9)19-14(11)13(20-16)10-6-17-8-18-7-10/h1-8,13,20H,16H2. The smallest absolute Gasteiger partial charge is 0.115 e. The Morgan fingerprint density at radius 3 is 2.65 bits per heavy atom. The summed E-state index contributed by atoms with van der Waals surface area (Å²) >= 11 is 3.56. The average molecular weight is 330 g/mol. The molecule has 3 aromatic rings. The van der Waals surface area contributed by atoms with Crippen LogP contribution in [0.2, 0.25) is 0 Å². The summed E-state index contributed by atoms with van der Waals surface area (Å²) < 4.78 is 0.892. The lowest BCUT2D eigenvalue weighted by Crippen LogP contribution is -2.30. The summed E-state index contributed by atoms with van der Waals surface area (Å²) in [7, 11) is 0. The van der Waals surface area contributed by atoms with Crippen molar-refractivity contribution in [2.75, 3.05) is 0 Å². The fourth-order valence-corrected chi connectivity index (χ4v) is 2.66.